The van der Waals surface area contributed by atoms with Crippen molar-refractivity contribution in [2.45, 2.75) is 25.7 Å². The fourth-order valence-electron chi connectivity index (χ4n) is 3.17. The number of hydrogen-bond donors (Lipinski definition) is 0. The van der Waals surface area contributed by atoms with Crippen LogP contribution in [0, 0.1) is 0 Å². The minimum absolute atomic E-state index is 0.104. The van der Waals surface area contributed by atoms with E-state index in [4.69, 9.17) is 5.53 Å². The monoisotopic (exact) mass is 313 g/mol. The third-order valence-electron chi connectivity index (χ3n) is 4.36. The predicted molar refractivity (Wildman–Crippen MR) is 85.5 cm³/mol. The molecule has 0 saturated carbocycles. The molecule has 7 heteroatoms. The van der Waals surface area contributed by atoms with Gasteiger partial charge in [-0.15, -0.1) is 0 Å². The van der Waals surface area contributed by atoms with Crippen LogP contribution in [-0.2, 0) is 0 Å². The van der Waals surface area contributed by atoms with Crippen molar-refractivity contribution in [3.05, 3.63) is 39.8 Å². The summed E-state index contributed by atoms with van der Waals surface area (Å²) in [6.45, 7) is 2.94. The van der Waals surface area contributed by atoms with E-state index in [0.29, 0.717) is 16.8 Å². The molecule has 0 aliphatic carbocycles. The summed E-state index contributed by atoms with van der Waals surface area (Å²) >= 11 is 0. The first kappa shape index (κ1) is 15.4. The van der Waals surface area contributed by atoms with Crippen molar-refractivity contribution in [3.63, 3.8) is 0 Å². The predicted octanol–water partition coefficient (Wildman–Crippen LogP) is 3.10. The second-order valence-corrected chi connectivity index (χ2v) is 5.96. The maximum Gasteiger partial charge on any atom is 0.253 e. The van der Waals surface area contributed by atoms with Crippen LogP contribution in [-0.4, -0.2) is 47.8 Å². The van der Waals surface area contributed by atoms with Crippen LogP contribution in [0.15, 0.2) is 23.3 Å². The largest absolute Gasteiger partial charge is 0.339 e. The molecule has 1 aromatic carbocycles. The van der Waals surface area contributed by atoms with Gasteiger partial charge in [0.25, 0.3) is 11.8 Å². The third-order valence-corrected chi connectivity index (χ3v) is 4.36. The Hall–Kier alpha value is -2.53. The zero-order chi connectivity index (χ0) is 16.2. The fourth-order valence-corrected chi connectivity index (χ4v) is 3.17. The number of hydrogen-bond acceptors (Lipinski definition) is 3. The van der Waals surface area contributed by atoms with Gasteiger partial charge in [0.15, 0.2) is 0 Å². The van der Waals surface area contributed by atoms with Gasteiger partial charge in [-0.05, 0) is 49.4 Å². The molecule has 2 saturated heterocycles. The molecule has 2 aliphatic rings. The maximum absolute atomic E-state index is 12.6. The number of amides is 2. The first-order chi connectivity index (χ1) is 11.2. The molecular weight excluding hydrogens is 294 g/mol. The molecule has 120 valence electrons. The van der Waals surface area contributed by atoms with E-state index in [-0.39, 0.29) is 11.8 Å². The highest BCUT2D eigenvalue weighted by molar-refractivity contribution is 6.01. The molecule has 3 rings (SSSR count). The van der Waals surface area contributed by atoms with E-state index in [2.05, 4.69) is 10.0 Å². The minimum atomic E-state index is -0.104. The van der Waals surface area contributed by atoms with Crippen LogP contribution in [0.25, 0.3) is 10.4 Å². The molecule has 23 heavy (non-hydrogen) atoms. The van der Waals surface area contributed by atoms with E-state index in [1.54, 1.807) is 28.0 Å². The minimum Gasteiger partial charge on any atom is -0.339 e. The molecule has 2 aliphatic heterocycles. The van der Waals surface area contributed by atoms with Crippen molar-refractivity contribution in [1.29, 1.82) is 0 Å². The molecule has 0 radical (unpaired) electrons. The highest BCUT2D eigenvalue weighted by Gasteiger charge is 2.24. The van der Waals surface area contributed by atoms with Crippen molar-refractivity contribution in [3.8, 4) is 0 Å². The van der Waals surface area contributed by atoms with Crippen LogP contribution in [0.2, 0.25) is 0 Å². The first-order valence-corrected chi connectivity index (χ1v) is 7.98. The van der Waals surface area contributed by atoms with Crippen molar-refractivity contribution >= 4 is 17.5 Å². The molecule has 0 bridgehead atoms. The summed E-state index contributed by atoms with van der Waals surface area (Å²) in [6.07, 6.45) is 4.01. The van der Waals surface area contributed by atoms with Crippen molar-refractivity contribution in [2.24, 2.45) is 5.11 Å². The Balaban J connectivity index is 1.93. The van der Waals surface area contributed by atoms with E-state index in [0.717, 1.165) is 51.9 Å². The van der Waals surface area contributed by atoms with E-state index in [1.165, 1.54) is 0 Å². The van der Waals surface area contributed by atoms with Gasteiger partial charge in [0, 0.05) is 47.9 Å². The summed E-state index contributed by atoms with van der Waals surface area (Å²) < 4.78 is 0. The Morgan fingerprint density at radius 1 is 0.870 bits per heavy atom. The Morgan fingerprint density at radius 3 is 1.70 bits per heavy atom. The number of carbonyl (C=O) groups is 2. The second-order valence-electron chi connectivity index (χ2n) is 5.96. The lowest BCUT2D eigenvalue weighted by atomic mass is 10.1. The van der Waals surface area contributed by atoms with E-state index < -0.39 is 0 Å². The van der Waals surface area contributed by atoms with Crippen molar-refractivity contribution in [1.82, 2.24) is 9.80 Å². The highest BCUT2D eigenvalue weighted by Crippen LogP contribution is 2.23. The average molecular weight is 313 g/mol. The van der Waals surface area contributed by atoms with Crippen LogP contribution in [0.4, 0.5) is 5.69 Å². The van der Waals surface area contributed by atoms with Gasteiger partial charge in [0.05, 0.1) is 0 Å². The number of nitrogens with zero attached hydrogens (tertiary/aromatic N) is 5. The van der Waals surface area contributed by atoms with Crippen LogP contribution in [0.3, 0.4) is 0 Å². The van der Waals surface area contributed by atoms with Gasteiger partial charge < -0.3 is 9.80 Å². The van der Waals surface area contributed by atoms with E-state index in [1.807, 2.05) is 0 Å². The number of likely N-dealkylation sites (tertiary alicyclic amines) is 2. The number of benzene rings is 1. The topological polar surface area (TPSA) is 89.4 Å². The first-order valence-electron chi connectivity index (χ1n) is 7.98. The summed E-state index contributed by atoms with van der Waals surface area (Å²) in [4.78, 5) is 31.5. The lowest BCUT2D eigenvalue weighted by Crippen LogP contribution is -2.29. The smallest absolute Gasteiger partial charge is 0.253 e. The highest BCUT2D eigenvalue weighted by atomic mass is 16.2. The lowest BCUT2D eigenvalue weighted by Gasteiger charge is -2.18. The summed E-state index contributed by atoms with van der Waals surface area (Å²) in [7, 11) is 0. The summed E-state index contributed by atoms with van der Waals surface area (Å²) in [5.41, 5.74) is 9.81. The van der Waals surface area contributed by atoms with Crippen molar-refractivity contribution in [2.75, 3.05) is 26.2 Å². The molecule has 2 amide bonds. The number of azide groups is 1. The summed E-state index contributed by atoms with van der Waals surface area (Å²) in [6, 6.07) is 4.74. The van der Waals surface area contributed by atoms with Crippen LogP contribution in [0.1, 0.15) is 46.4 Å². The lowest BCUT2D eigenvalue weighted by molar-refractivity contribution is 0.0791. The number of carbonyl (C=O) groups excluding carboxylic acids is 2. The molecule has 7 nitrogen and oxygen atoms in total. The quantitative estimate of drug-likeness (QED) is 0.487. The summed E-state index contributed by atoms with van der Waals surface area (Å²) in [5, 5.41) is 3.59. The molecule has 0 N–H and O–H groups in total. The Bertz CT molecular complexity index is 623. The molecule has 0 atom stereocenters. The molecule has 2 heterocycles. The van der Waals surface area contributed by atoms with Gasteiger partial charge in [-0.3, -0.25) is 9.59 Å². The Kier molecular flexibility index (Phi) is 4.48. The molecule has 0 aromatic heterocycles. The van der Waals surface area contributed by atoms with Gasteiger partial charge >= 0.3 is 0 Å². The van der Waals surface area contributed by atoms with E-state index >= 15 is 0 Å². The fraction of sp³-hybridized carbons (Fsp3) is 0.500. The Labute approximate surface area is 134 Å². The molecule has 2 fully saturated rings. The van der Waals surface area contributed by atoms with Crippen molar-refractivity contribution < 1.29 is 9.59 Å². The molecule has 0 spiro atoms. The van der Waals surface area contributed by atoms with Gasteiger partial charge in [0.2, 0.25) is 0 Å². The molecule has 0 unspecified atom stereocenters. The van der Waals surface area contributed by atoms with Gasteiger partial charge in [-0.2, -0.15) is 0 Å². The maximum atomic E-state index is 12.6. The second kappa shape index (κ2) is 6.71. The third kappa shape index (κ3) is 3.29. The molecule has 1 aromatic rings. The van der Waals surface area contributed by atoms with E-state index in [9.17, 15) is 9.59 Å². The zero-order valence-corrected chi connectivity index (χ0v) is 12.9. The normalized spacial score (nSPS) is 17.2. The Morgan fingerprint density at radius 2 is 1.30 bits per heavy atom. The SMILES string of the molecule is [N-]=[N+]=Nc1cc(C(=O)N2CCCC2)cc(C(=O)N2CCCC2)c1. The summed E-state index contributed by atoms with van der Waals surface area (Å²) in [5.74, 6) is -0.207. The number of rotatable bonds is 3. The van der Waals surface area contributed by atoms with Gasteiger partial charge in [-0.25, -0.2) is 0 Å². The van der Waals surface area contributed by atoms with Crippen LogP contribution < -0.4 is 0 Å². The van der Waals surface area contributed by atoms with Gasteiger partial charge in [0.1, 0.15) is 0 Å². The molecular formula is C16H19N5O2. The van der Waals surface area contributed by atoms with Crippen LogP contribution >= 0.6 is 0 Å². The zero-order valence-electron chi connectivity index (χ0n) is 12.9. The van der Waals surface area contributed by atoms with Crippen LogP contribution in [0.5, 0.6) is 0 Å². The average Bonchev–Trinajstić information content (AvgIpc) is 3.26. The van der Waals surface area contributed by atoms with Gasteiger partial charge in [-0.1, -0.05) is 5.11 Å². The standard InChI is InChI=1S/C16H19N5O2/c17-19-18-14-10-12(15(22)20-5-1-2-6-20)9-13(11-14)16(23)21-7-3-4-8-21/h9-11H,1-8H2.